The number of nitrogens with one attached hydrogen (secondary N) is 3. The summed E-state index contributed by atoms with van der Waals surface area (Å²) in [6.45, 7) is 2.44. The number of benzene rings is 2. The summed E-state index contributed by atoms with van der Waals surface area (Å²) in [5.74, 6) is 9.02. The number of anilines is 2. The largest absolute Gasteiger partial charge is 0.507 e. The van der Waals surface area contributed by atoms with E-state index in [2.05, 4.69) is 52.3 Å². The Labute approximate surface area is 304 Å². The van der Waals surface area contributed by atoms with Crippen molar-refractivity contribution in [3.63, 3.8) is 0 Å². The van der Waals surface area contributed by atoms with E-state index in [9.17, 15) is 39.3 Å². The summed E-state index contributed by atoms with van der Waals surface area (Å²) in [6, 6.07) is 5.04. The number of fused-ring (bicyclic) bond motifs is 4. The Balaban J connectivity index is 1.02. The van der Waals surface area contributed by atoms with Crippen molar-refractivity contribution >= 4 is 53.3 Å². The zero-order valence-corrected chi connectivity index (χ0v) is 29.0. The molecule has 6 N–H and O–H groups in total. The summed E-state index contributed by atoms with van der Waals surface area (Å²) in [4.78, 5) is 65.5. The van der Waals surface area contributed by atoms with Gasteiger partial charge in [-0.25, -0.2) is 0 Å². The topological polar surface area (TPSA) is 198 Å². The molecule has 3 amide bonds. The fourth-order valence-corrected chi connectivity index (χ4v) is 7.98. The SMILES string of the molecule is C[C@@H](O)[C@@]12O[C@]13c1cc(O)c4c(c1N[C@H]2C#C/C=C\C#C[C@H]3O)C(=O)c1ccc(NCCNC(=O)CCCCCN2C(=O)CC(S)C2=O)cc1C4=O. The number of aromatic hydroxyl groups is 1. The first-order valence-corrected chi connectivity index (χ1v) is 17.6. The molecule has 3 heterocycles. The van der Waals surface area contributed by atoms with Gasteiger partial charge in [-0.2, -0.15) is 12.6 Å². The number of hydrogen-bond donors (Lipinski definition) is 7. The van der Waals surface area contributed by atoms with E-state index in [0.29, 0.717) is 38.0 Å². The van der Waals surface area contributed by atoms with Crippen molar-refractivity contribution < 1.29 is 44.0 Å². The molecule has 52 heavy (non-hydrogen) atoms. The molecule has 3 aliphatic heterocycles. The fourth-order valence-electron chi connectivity index (χ4n) is 7.68. The smallest absolute Gasteiger partial charge is 0.242 e. The number of phenols is 1. The summed E-state index contributed by atoms with van der Waals surface area (Å²) >= 11 is 4.12. The third-order valence-corrected chi connectivity index (χ3v) is 10.6. The molecule has 0 saturated carbocycles. The van der Waals surface area contributed by atoms with E-state index in [0.717, 1.165) is 0 Å². The molecule has 0 aromatic heterocycles. The lowest BCUT2D eigenvalue weighted by Gasteiger charge is -2.37. The molecule has 2 fully saturated rings. The number of ketones is 2. The number of imide groups is 1. The summed E-state index contributed by atoms with van der Waals surface area (Å²) < 4.78 is 6.20. The number of ether oxygens (including phenoxy) is 1. The first kappa shape index (κ1) is 35.3. The van der Waals surface area contributed by atoms with Crippen LogP contribution in [0.4, 0.5) is 11.4 Å². The summed E-state index contributed by atoms with van der Waals surface area (Å²) in [6.07, 6.45) is 2.64. The Morgan fingerprint density at radius 3 is 2.54 bits per heavy atom. The number of thiol groups is 1. The number of amides is 3. The van der Waals surface area contributed by atoms with Gasteiger partial charge in [-0.3, -0.25) is 28.9 Å². The predicted octanol–water partition coefficient (Wildman–Crippen LogP) is 1.39. The van der Waals surface area contributed by atoms with Crippen molar-refractivity contribution in [2.24, 2.45) is 0 Å². The number of rotatable bonds is 11. The number of carbonyl (C=O) groups is 5. The summed E-state index contributed by atoms with van der Waals surface area (Å²) in [5.41, 5.74) is -2.34. The summed E-state index contributed by atoms with van der Waals surface area (Å²) in [7, 11) is 0. The molecule has 2 aliphatic carbocycles. The highest BCUT2D eigenvalue weighted by molar-refractivity contribution is 7.81. The Hall–Kier alpha value is -5.12. The van der Waals surface area contributed by atoms with Gasteiger partial charge in [0.05, 0.1) is 28.2 Å². The van der Waals surface area contributed by atoms with Crippen molar-refractivity contribution in [3.8, 4) is 29.4 Å². The number of unbranched alkanes of at least 4 members (excludes halogenated alkanes) is 2. The van der Waals surface area contributed by atoms with Crippen LogP contribution in [0.5, 0.6) is 5.75 Å². The van der Waals surface area contributed by atoms with Gasteiger partial charge in [0.15, 0.2) is 28.9 Å². The first-order valence-electron chi connectivity index (χ1n) is 17.1. The molecular formula is C38H36N4O9S. The lowest BCUT2D eigenvalue weighted by Crippen LogP contribution is -2.54. The average molecular weight is 725 g/mol. The summed E-state index contributed by atoms with van der Waals surface area (Å²) in [5, 5.41) is 42.1. The van der Waals surface area contributed by atoms with Gasteiger partial charge in [0.1, 0.15) is 11.8 Å². The third-order valence-electron chi connectivity index (χ3n) is 10.2. The van der Waals surface area contributed by atoms with Crippen LogP contribution in [0.25, 0.3) is 0 Å². The third kappa shape index (κ3) is 5.54. The number of epoxide rings is 1. The number of allylic oxidation sites excluding steroid dienone is 2. The number of hydrogen-bond acceptors (Lipinski definition) is 12. The Morgan fingerprint density at radius 1 is 1.06 bits per heavy atom. The van der Waals surface area contributed by atoms with Crippen LogP contribution >= 0.6 is 12.6 Å². The highest BCUT2D eigenvalue weighted by Gasteiger charge is 2.82. The molecule has 268 valence electrons. The molecule has 1 unspecified atom stereocenters. The lowest BCUT2D eigenvalue weighted by molar-refractivity contribution is -0.138. The second-order valence-corrected chi connectivity index (χ2v) is 14.0. The van der Waals surface area contributed by atoms with Crippen LogP contribution in [-0.2, 0) is 24.7 Å². The molecule has 5 aliphatic rings. The second kappa shape index (κ2) is 13.5. The molecule has 7 rings (SSSR count). The number of nitrogens with zero attached hydrogens (tertiary/aromatic N) is 1. The van der Waals surface area contributed by atoms with E-state index in [1.54, 1.807) is 6.07 Å². The molecule has 0 radical (unpaired) electrons. The molecule has 2 aromatic rings. The van der Waals surface area contributed by atoms with Crippen LogP contribution in [-0.4, -0.2) is 98.2 Å². The van der Waals surface area contributed by atoms with Gasteiger partial charge >= 0.3 is 0 Å². The first-order chi connectivity index (χ1) is 24.9. The second-order valence-electron chi connectivity index (χ2n) is 13.4. The predicted molar refractivity (Wildman–Crippen MR) is 191 cm³/mol. The minimum absolute atomic E-state index is 0.0808. The molecule has 2 bridgehead atoms. The number of aliphatic hydroxyl groups excluding tert-OH is 2. The van der Waals surface area contributed by atoms with E-state index in [4.69, 9.17) is 4.74 Å². The highest BCUT2D eigenvalue weighted by atomic mass is 32.1. The van der Waals surface area contributed by atoms with E-state index < -0.39 is 52.0 Å². The minimum atomic E-state index is -1.65. The number of likely N-dealkylation sites (tertiary alicyclic amines) is 1. The fraction of sp³-hybridized carbons (Fsp3) is 0.395. The van der Waals surface area contributed by atoms with Gasteiger partial charge in [-0.05, 0) is 56.2 Å². The zero-order valence-electron chi connectivity index (χ0n) is 28.1. The van der Waals surface area contributed by atoms with E-state index >= 15 is 0 Å². The maximum Gasteiger partial charge on any atom is 0.242 e. The van der Waals surface area contributed by atoms with Gasteiger partial charge < -0.3 is 36.0 Å². The zero-order chi connectivity index (χ0) is 36.9. The quantitative estimate of drug-likeness (QED) is 0.0377. The Kier molecular flexibility index (Phi) is 9.13. The van der Waals surface area contributed by atoms with Gasteiger partial charge in [0.2, 0.25) is 17.7 Å². The molecule has 13 nitrogen and oxygen atoms in total. The van der Waals surface area contributed by atoms with Crippen molar-refractivity contribution in [3.05, 3.63) is 64.2 Å². The van der Waals surface area contributed by atoms with Crippen LogP contribution in [0, 0.1) is 23.7 Å². The number of aliphatic hydroxyl groups is 2. The maximum atomic E-state index is 14.1. The number of phenolic OH excluding ortho intramolecular Hbond substituents is 1. The van der Waals surface area contributed by atoms with Crippen LogP contribution in [0.2, 0.25) is 0 Å². The molecule has 0 spiro atoms. The van der Waals surface area contributed by atoms with E-state index in [1.807, 2.05) is 0 Å². The van der Waals surface area contributed by atoms with Crippen LogP contribution in [0.1, 0.15) is 76.4 Å². The van der Waals surface area contributed by atoms with Gasteiger partial charge in [-0.15, -0.1) is 0 Å². The van der Waals surface area contributed by atoms with Crippen LogP contribution in [0.3, 0.4) is 0 Å². The minimum Gasteiger partial charge on any atom is -0.507 e. The van der Waals surface area contributed by atoms with Gasteiger partial charge in [0.25, 0.3) is 0 Å². The molecule has 14 heteroatoms. The van der Waals surface area contributed by atoms with Crippen molar-refractivity contribution in [1.82, 2.24) is 10.2 Å². The number of carbonyl (C=O) groups excluding carboxylic acids is 5. The van der Waals surface area contributed by atoms with Crippen molar-refractivity contribution in [1.29, 1.82) is 0 Å². The monoisotopic (exact) mass is 724 g/mol. The highest BCUT2D eigenvalue weighted by Crippen LogP contribution is 2.67. The van der Waals surface area contributed by atoms with Crippen molar-refractivity contribution in [2.45, 2.75) is 73.7 Å². The van der Waals surface area contributed by atoms with Crippen molar-refractivity contribution in [2.75, 3.05) is 30.3 Å². The normalized spacial score (nSPS) is 27.3. The molecular weight excluding hydrogens is 689 g/mol. The van der Waals surface area contributed by atoms with E-state index in [-0.39, 0.29) is 70.6 Å². The Morgan fingerprint density at radius 2 is 1.81 bits per heavy atom. The standard InChI is InChI=1S/C38H36N4O9S/c1-20(43)37-27-9-5-2-3-6-10-28(45)38(37,51-37)24-18-25(44)31-32(33(24)41-27)34(48)22-13-12-21(17-23(22)35(31)49)39-14-15-40-29(46)11-7-4-8-16-42-30(47)19-26(52)36(42)50/h2-3,12-13,17-18,20,26-28,39,41,43-45,52H,4,7-8,11,14-16,19H2,1H3,(H,40,46)/b3-2-/t20-,26?,27+,28-,37+,38+/m1/s1. The van der Waals surface area contributed by atoms with E-state index in [1.165, 1.54) is 42.2 Å². The lowest BCUT2D eigenvalue weighted by atomic mass is 9.69. The molecule has 2 aromatic carbocycles. The average Bonchev–Trinajstić information content (AvgIpc) is 3.79. The molecule has 2 saturated heterocycles. The Bertz CT molecular complexity index is 2090. The maximum absolute atomic E-state index is 14.1. The van der Waals surface area contributed by atoms with Crippen LogP contribution in [0.15, 0.2) is 36.4 Å². The van der Waals surface area contributed by atoms with Gasteiger partial charge in [-0.1, -0.05) is 30.1 Å². The van der Waals surface area contributed by atoms with Gasteiger partial charge in [0, 0.05) is 54.9 Å². The molecule has 6 atom stereocenters. The van der Waals surface area contributed by atoms with Crippen LogP contribution < -0.4 is 16.0 Å².